The van der Waals surface area contributed by atoms with Crippen molar-refractivity contribution >= 4 is 0 Å². The van der Waals surface area contributed by atoms with E-state index in [1.807, 2.05) is 6.92 Å². The van der Waals surface area contributed by atoms with Crippen LogP contribution >= 0.6 is 0 Å². The molecule has 1 aliphatic carbocycles. The molecule has 0 aromatic heterocycles. The van der Waals surface area contributed by atoms with E-state index in [2.05, 4.69) is 48.5 Å². The molecular formula is C39H76O11. The standard InChI is InChI=1S/C8H14O2.C7H14O2.C7H14O.C5H10O2.C5H10O.C4H8O2.C3H6O/c1-9-5-6-2-3-7-8(4-6)10-7;1-3-7(4-8-2)5-9-6-7;1-3-4-7(2)5-8-6-7;1-5(3-6-2)4-7-5;1-4-5(2,3)6-4;1-5-2-4-3-6-4;1-3-2-4-3/h6-8H,2-5H2,1H3;3-6H2,1-2H3;3-6H2,1-2H3;3-4H2,1-2H3;4H,1-3H3;4H,2-3H2,1H3;3H,2H2,1H3. The normalized spacial score (nSPS) is 34.1. The van der Waals surface area contributed by atoms with Gasteiger partial charge in [0.05, 0.1) is 96.1 Å². The number of hydrogen-bond donors (Lipinski definition) is 0. The summed E-state index contributed by atoms with van der Waals surface area (Å²) in [4.78, 5) is 0. The van der Waals surface area contributed by atoms with Gasteiger partial charge in [-0.3, -0.25) is 0 Å². The molecule has 11 nitrogen and oxygen atoms in total. The van der Waals surface area contributed by atoms with Gasteiger partial charge in [0.1, 0.15) is 11.7 Å². The molecule has 7 atom stereocenters. The predicted octanol–water partition coefficient (Wildman–Crippen LogP) is 6.12. The molecule has 0 N–H and O–H groups in total. The summed E-state index contributed by atoms with van der Waals surface area (Å²) in [7, 11) is 6.89. The van der Waals surface area contributed by atoms with Crippen molar-refractivity contribution in [2.75, 3.05) is 101 Å². The van der Waals surface area contributed by atoms with Crippen LogP contribution in [0.15, 0.2) is 0 Å². The first-order chi connectivity index (χ1) is 23.7. The highest BCUT2D eigenvalue weighted by molar-refractivity contribution is 4.92. The van der Waals surface area contributed by atoms with Crippen LogP contribution in [-0.4, -0.2) is 143 Å². The monoisotopic (exact) mass is 721 g/mol. The fourth-order valence-electron chi connectivity index (χ4n) is 5.54. The third-order valence-electron chi connectivity index (χ3n) is 10.0. The number of methoxy groups -OCH3 is 4. The maximum absolute atomic E-state index is 5.40. The number of epoxide rings is 5. The topological polar surface area (TPSA) is 118 Å². The average Bonchev–Trinajstić information content (AvgIpc) is 3.81. The molecule has 7 heterocycles. The van der Waals surface area contributed by atoms with Crippen LogP contribution in [0.3, 0.4) is 0 Å². The number of ether oxygens (including phenoxy) is 11. The Kier molecular flexibility index (Phi) is 20.8. The third-order valence-corrected chi connectivity index (χ3v) is 10.0. The summed E-state index contributed by atoms with van der Waals surface area (Å²) in [5.41, 5.74) is 1.21. The molecule has 1 saturated carbocycles. The van der Waals surface area contributed by atoms with Crippen LogP contribution in [0.4, 0.5) is 0 Å². The Morgan fingerprint density at radius 2 is 1.24 bits per heavy atom. The predicted molar refractivity (Wildman–Crippen MR) is 195 cm³/mol. The largest absolute Gasteiger partial charge is 0.384 e. The molecule has 50 heavy (non-hydrogen) atoms. The van der Waals surface area contributed by atoms with Crippen molar-refractivity contribution in [2.24, 2.45) is 16.7 Å². The molecule has 8 fully saturated rings. The summed E-state index contributed by atoms with van der Waals surface area (Å²) in [6.07, 6.45) is 10.3. The Labute approximate surface area is 305 Å². The van der Waals surface area contributed by atoms with Gasteiger partial charge in [0, 0.05) is 45.9 Å². The molecule has 7 saturated heterocycles. The minimum atomic E-state index is 0.0781. The highest BCUT2D eigenvalue weighted by Crippen LogP contribution is 2.39. The van der Waals surface area contributed by atoms with Gasteiger partial charge in [-0.05, 0) is 72.6 Å². The molecule has 11 heteroatoms. The van der Waals surface area contributed by atoms with Crippen molar-refractivity contribution in [3.05, 3.63) is 0 Å². The van der Waals surface area contributed by atoms with E-state index in [4.69, 9.17) is 52.1 Å². The Balaban J connectivity index is 0.000000205. The van der Waals surface area contributed by atoms with E-state index >= 15 is 0 Å². The van der Waals surface area contributed by atoms with Gasteiger partial charge < -0.3 is 52.1 Å². The summed E-state index contributed by atoms with van der Waals surface area (Å²) in [5.74, 6) is 0.772. The van der Waals surface area contributed by atoms with Crippen LogP contribution in [-0.2, 0) is 52.1 Å². The van der Waals surface area contributed by atoms with Crippen LogP contribution in [0.2, 0.25) is 0 Å². The van der Waals surface area contributed by atoms with Gasteiger partial charge in [0.15, 0.2) is 0 Å². The lowest BCUT2D eigenvalue weighted by atomic mass is 9.84. The molecule has 0 spiro atoms. The summed E-state index contributed by atoms with van der Waals surface area (Å²) in [6.45, 7) is 26.8. The first-order valence-electron chi connectivity index (χ1n) is 19.0. The molecule has 298 valence electrons. The number of hydrogen-bond acceptors (Lipinski definition) is 11. The highest BCUT2D eigenvalue weighted by atomic mass is 16.6. The summed E-state index contributed by atoms with van der Waals surface area (Å²) in [6, 6.07) is 0. The minimum Gasteiger partial charge on any atom is -0.384 e. The average molecular weight is 721 g/mol. The molecule has 0 aromatic carbocycles. The van der Waals surface area contributed by atoms with Crippen molar-refractivity contribution in [2.45, 2.75) is 136 Å². The van der Waals surface area contributed by atoms with Gasteiger partial charge in [-0.1, -0.05) is 27.2 Å². The van der Waals surface area contributed by atoms with E-state index in [0.29, 0.717) is 41.3 Å². The quantitative estimate of drug-likeness (QED) is 0.230. The van der Waals surface area contributed by atoms with Gasteiger partial charge in [-0.15, -0.1) is 0 Å². The van der Waals surface area contributed by atoms with Crippen molar-refractivity contribution in [3.63, 3.8) is 0 Å². The van der Waals surface area contributed by atoms with E-state index in [1.165, 1.54) is 38.5 Å². The van der Waals surface area contributed by atoms with Gasteiger partial charge in [-0.25, -0.2) is 0 Å². The molecule has 0 aromatic rings. The SMILES string of the molecule is CC1CO1.CC1OC1(C)C.CCC1(COC)COC1.CCCC1(C)COC1.COCC1(C)CO1.COCC1CCC2OC2C1.COCC1CO1. The lowest BCUT2D eigenvalue weighted by Gasteiger charge is -2.39. The van der Waals surface area contributed by atoms with Crippen molar-refractivity contribution in [3.8, 4) is 0 Å². The summed E-state index contributed by atoms with van der Waals surface area (Å²) >= 11 is 0. The summed E-state index contributed by atoms with van der Waals surface area (Å²) in [5, 5.41) is 0. The van der Waals surface area contributed by atoms with E-state index in [9.17, 15) is 0 Å². The zero-order chi connectivity index (χ0) is 37.3. The van der Waals surface area contributed by atoms with Crippen molar-refractivity contribution in [1.82, 2.24) is 0 Å². The van der Waals surface area contributed by atoms with Crippen LogP contribution in [0, 0.1) is 16.7 Å². The Hall–Kier alpha value is -0.440. The molecule has 7 aliphatic heterocycles. The van der Waals surface area contributed by atoms with Crippen molar-refractivity contribution < 1.29 is 52.1 Å². The zero-order valence-electron chi connectivity index (χ0n) is 34.0. The minimum absolute atomic E-state index is 0.0781. The van der Waals surface area contributed by atoms with Crippen LogP contribution in [0.5, 0.6) is 0 Å². The van der Waals surface area contributed by atoms with Crippen molar-refractivity contribution in [1.29, 1.82) is 0 Å². The maximum Gasteiger partial charge on any atom is 0.112 e. The molecule has 0 amide bonds. The molecular weight excluding hydrogens is 644 g/mol. The fourth-order valence-corrected chi connectivity index (χ4v) is 5.54. The second kappa shape index (κ2) is 22.7. The van der Waals surface area contributed by atoms with E-state index in [-0.39, 0.29) is 11.2 Å². The van der Waals surface area contributed by atoms with E-state index in [1.54, 1.807) is 28.4 Å². The Morgan fingerprint density at radius 1 is 0.700 bits per heavy atom. The smallest absolute Gasteiger partial charge is 0.112 e. The Morgan fingerprint density at radius 3 is 1.46 bits per heavy atom. The number of rotatable bonds is 11. The first-order valence-corrected chi connectivity index (χ1v) is 19.0. The molecule has 7 unspecified atom stereocenters. The highest BCUT2D eigenvalue weighted by Gasteiger charge is 2.44. The summed E-state index contributed by atoms with van der Waals surface area (Å²) < 4.78 is 55.0. The first kappa shape index (κ1) is 45.7. The van der Waals surface area contributed by atoms with E-state index in [0.717, 1.165) is 78.6 Å². The van der Waals surface area contributed by atoms with Crippen LogP contribution < -0.4 is 0 Å². The maximum atomic E-state index is 5.40. The van der Waals surface area contributed by atoms with Gasteiger partial charge >= 0.3 is 0 Å². The van der Waals surface area contributed by atoms with Gasteiger partial charge in [-0.2, -0.15) is 0 Å². The molecule has 0 bridgehead atoms. The molecule has 8 aliphatic rings. The van der Waals surface area contributed by atoms with Gasteiger partial charge in [0.25, 0.3) is 0 Å². The van der Waals surface area contributed by atoms with Crippen LogP contribution in [0.1, 0.15) is 93.9 Å². The Bertz CT molecular complexity index is 861. The third kappa shape index (κ3) is 20.1. The lowest BCUT2D eigenvalue weighted by molar-refractivity contribution is -0.144. The fraction of sp³-hybridized carbons (Fsp3) is 1.00. The molecule has 0 radical (unpaired) electrons. The van der Waals surface area contributed by atoms with Gasteiger partial charge in [0.2, 0.25) is 0 Å². The second-order valence-corrected chi connectivity index (χ2v) is 16.3. The second-order valence-electron chi connectivity index (χ2n) is 16.3. The zero-order valence-corrected chi connectivity index (χ0v) is 34.0. The molecule has 8 rings (SSSR count). The van der Waals surface area contributed by atoms with E-state index < -0.39 is 0 Å². The number of fused-ring (bicyclic) bond motifs is 1. The van der Waals surface area contributed by atoms with Crippen LogP contribution in [0.25, 0.3) is 0 Å². The lowest BCUT2D eigenvalue weighted by Crippen LogP contribution is -2.45.